The van der Waals surface area contributed by atoms with E-state index >= 15 is 0 Å². The van der Waals surface area contributed by atoms with Crippen LogP contribution in [0, 0.1) is 5.41 Å². The minimum absolute atomic E-state index is 0.0725. The van der Waals surface area contributed by atoms with Crippen LogP contribution in [0.3, 0.4) is 0 Å². The fourth-order valence-electron chi connectivity index (χ4n) is 4.68. The van der Waals surface area contributed by atoms with E-state index in [1.165, 1.54) is 47.1 Å². The Labute approximate surface area is 249 Å². The molecule has 0 radical (unpaired) electrons. The summed E-state index contributed by atoms with van der Waals surface area (Å²) in [5.41, 5.74) is 9.83. The van der Waals surface area contributed by atoms with Crippen LogP contribution in [0.2, 0.25) is 0 Å². The summed E-state index contributed by atoms with van der Waals surface area (Å²) in [6, 6.07) is 7.56. The van der Waals surface area contributed by atoms with Gasteiger partial charge in [-0.15, -0.1) is 0 Å². The third kappa shape index (κ3) is 12.4. The smallest absolute Gasteiger partial charge is 0.251 e. The van der Waals surface area contributed by atoms with Crippen LogP contribution < -0.4 is 5.32 Å². The number of benzene rings is 1. The number of hydrogen-bond donors (Lipinski definition) is 1. The van der Waals surface area contributed by atoms with Crippen molar-refractivity contribution in [3.05, 3.63) is 148 Å². The van der Waals surface area contributed by atoms with Crippen LogP contribution in [0.15, 0.2) is 137 Å². The summed E-state index contributed by atoms with van der Waals surface area (Å²) in [4.78, 5) is 11.6. The molecule has 0 unspecified atom stereocenters. The first-order valence-electron chi connectivity index (χ1n) is 14.6. The maximum absolute atomic E-state index is 11.6. The molecule has 0 saturated heterocycles. The van der Waals surface area contributed by atoms with E-state index in [2.05, 4.69) is 133 Å². The van der Waals surface area contributed by atoms with Gasteiger partial charge in [-0.2, -0.15) is 0 Å². The normalized spacial score (nSPS) is 17.8. The standard InChI is InChI=1S/C39H49NO/c1-30(16-11-18-32(3)21-23-35-24-26-36(27-25-35)38(41)40-8)14-9-10-15-31(2)17-12-19-33(4)22-28-37-34(5)20-13-29-39(37,6)7/h9-12,14-19,21-28H,13,20,29H2,1-8H3,(H,40,41). The average Bonchev–Trinajstić information content (AvgIpc) is 2.93. The van der Waals surface area contributed by atoms with Crippen molar-refractivity contribution >= 4 is 12.0 Å². The molecule has 2 rings (SSSR count). The lowest BCUT2D eigenvalue weighted by atomic mass is 9.72. The summed E-state index contributed by atoms with van der Waals surface area (Å²) in [6.45, 7) is 15.5. The van der Waals surface area contributed by atoms with Crippen molar-refractivity contribution in [2.45, 2.75) is 67.7 Å². The van der Waals surface area contributed by atoms with Gasteiger partial charge in [-0.1, -0.05) is 139 Å². The summed E-state index contributed by atoms with van der Waals surface area (Å²) in [5.74, 6) is -0.0725. The lowest BCUT2D eigenvalue weighted by Crippen LogP contribution is -2.19. The first-order valence-corrected chi connectivity index (χ1v) is 14.6. The minimum atomic E-state index is -0.0725. The molecule has 1 aliphatic carbocycles. The van der Waals surface area contributed by atoms with Gasteiger partial charge in [0.05, 0.1) is 0 Å². The van der Waals surface area contributed by atoms with E-state index in [4.69, 9.17) is 0 Å². The van der Waals surface area contributed by atoms with Crippen LogP contribution >= 0.6 is 0 Å². The van der Waals surface area contributed by atoms with E-state index in [1.54, 1.807) is 7.05 Å². The SMILES string of the molecule is CNC(=O)c1ccc(C=CC(C)=CC=CC(C)=CC=CC=C(C)C=CC=C(C)C=CC2=C(C)CCCC2(C)C)cc1. The number of carbonyl (C=O) groups excluding carboxylic acids is 1. The molecule has 0 aliphatic heterocycles. The molecule has 0 bridgehead atoms. The molecular weight excluding hydrogens is 498 g/mol. The highest BCUT2D eigenvalue weighted by Crippen LogP contribution is 2.40. The van der Waals surface area contributed by atoms with Crippen molar-refractivity contribution in [1.29, 1.82) is 0 Å². The maximum atomic E-state index is 11.6. The number of carbonyl (C=O) groups is 1. The molecule has 1 amide bonds. The second-order valence-electron chi connectivity index (χ2n) is 11.5. The third-order valence-corrected chi connectivity index (χ3v) is 7.26. The highest BCUT2D eigenvalue weighted by atomic mass is 16.1. The maximum Gasteiger partial charge on any atom is 0.251 e. The Morgan fingerprint density at radius 3 is 1.73 bits per heavy atom. The van der Waals surface area contributed by atoms with E-state index in [1.807, 2.05) is 30.3 Å². The molecule has 0 aromatic heterocycles. The minimum Gasteiger partial charge on any atom is -0.355 e. The summed E-state index contributed by atoms with van der Waals surface area (Å²) in [5, 5.41) is 2.64. The number of nitrogens with one attached hydrogen (secondary N) is 1. The predicted molar refractivity (Wildman–Crippen MR) is 181 cm³/mol. The summed E-state index contributed by atoms with van der Waals surface area (Å²) in [7, 11) is 1.64. The van der Waals surface area contributed by atoms with Crippen LogP contribution in [0.1, 0.15) is 83.7 Å². The molecular formula is C39H49NO. The quantitative estimate of drug-likeness (QED) is 0.274. The molecule has 1 aliphatic rings. The zero-order valence-electron chi connectivity index (χ0n) is 26.4. The lowest BCUT2D eigenvalue weighted by molar-refractivity contribution is 0.0963. The lowest BCUT2D eigenvalue weighted by Gasteiger charge is -2.32. The van der Waals surface area contributed by atoms with E-state index in [9.17, 15) is 4.79 Å². The molecule has 0 saturated carbocycles. The summed E-state index contributed by atoms with van der Waals surface area (Å²) >= 11 is 0. The van der Waals surface area contributed by atoms with E-state index in [0.717, 1.165) is 11.1 Å². The molecule has 2 heteroatoms. The van der Waals surface area contributed by atoms with Crippen molar-refractivity contribution in [2.24, 2.45) is 5.41 Å². The van der Waals surface area contributed by atoms with Crippen molar-refractivity contribution in [3.63, 3.8) is 0 Å². The molecule has 0 heterocycles. The molecule has 0 spiro atoms. The average molecular weight is 548 g/mol. The van der Waals surface area contributed by atoms with Crippen molar-refractivity contribution in [2.75, 3.05) is 7.05 Å². The molecule has 1 aromatic rings. The van der Waals surface area contributed by atoms with Crippen LogP contribution in [0.25, 0.3) is 6.08 Å². The fourth-order valence-corrected chi connectivity index (χ4v) is 4.68. The van der Waals surface area contributed by atoms with E-state index in [0.29, 0.717) is 5.56 Å². The summed E-state index contributed by atoms with van der Waals surface area (Å²) < 4.78 is 0. The highest BCUT2D eigenvalue weighted by molar-refractivity contribution is 5.94. The van der Waals surface area contributed by atoms with Crippen molar-refractivity contribution in [3.8, 4) is 0 Å². The van der Waals surface area contributed by atoms with E-state index in [-0.39, 0.29) is 11.3 Å². The molecule has 0 fully saturated rings. The Balaban J connectivity index is 1.86. The van der Waals surface area contributed by atoms with E-state index < -0.39 is 0 Å². The third-order valence-electron chi connectivity index (χ3n) is 7.26. The molecule has 2 nitrogen and oxygen atoms in total. The molecule has 41 heavy (non-hydrogen) atoms. The van der Waals surface area contributed by atoms with Crippen LogP contribution in [-0.4, -0.2) is 13.0 Å². The van der Waals surface area contributed by atoms with Gasteiger partial charge < -0.3 is 5.32 Å². The molecule has 1 aromatic carbocycles. The Hall–Kier alpha value is -3.91. The number of amides is 1. The van der Waals surface area contributed by atoms with Crippen molar-refractivity contribution in [1.82, 2.24) is 5.32 Å². The number of hydrogen-bond acceptors (Lipinski definition) is 1. The second kappa shape index (κ2) is 17.0. The fraction of sp³-hybridized carbons (Fsp3) is 0.308. The Morgan fingerprint density at radius 2 is 1.22 bits per heavy atom. The van der Waals surface area contributed by atoms with Crippen molar-refractivity contribution < 1.29 is 4.79 Å². The van der Waals surface area contributed by atoms with Gasteiger partial charge in [0, 0.05) is 12.6 Å². The van der Waals surface area contributed by atoms with Gasteiger partial charge in [-0.3, -0.25) is 4.79 Å². The van der Waals surface area contributed by atoms with Gasteiger partial charge in [0.25, 0.3) is 5.91 Å². The first kappa shape index (κ1) is 33.3. The van der Waals surface area contributed by atoms with Gasteiger partial charge in [0.2, 0.25) is 0 Å². The topological polar surface area (TPSA) is 29.1 Å². The Bertz CT molecular complexity index is 1340. The zero-order chi connectivity index (χ0) is 30.3. The summed E-state index contributed by atoms with van der Waals surface area (Å²) in [6.07, 6.45) is 33.6. The van der Waals surface area contributed by atoms with Gasteiger partial charge in [-0.25, -0.2) is 0 Å². The number of allylic oxidation sites excluding steroid dienone is 19. The molecule has 0 atom stereocenters. The van der Waals surface area contributed by atoms with Crippen LogP contribution in [0.4, 0.5) is 0 Å². The highest BCUT2D eigenvalue weighted by Gasteiger charge is 2.26. The monoisotopic (exact) mass is 547 g/mol. The van der Waals surface area contributed by atoms with Gasteiger partial charge in [-0.05, 0) is 82.6 Å². The molecule has 1 N–H and O–H groups in total. The largest absolute Gasteiger partial charge is 0.355 e. The van der Waals surface area contributed by atoms with Gasteiger partial charge in [0.15, 0.2) is 0 Å². The predicted octanol–water partition coefficient (Wildman–Crippen LogP) is 10.6. The zero-order valence-corrected chi connectivity index (χ0v) is 26.4. The Morgan fingerprint density at radius 1 is 0.732 bits per heavy atom. The van der Waals surface area contributed by atoms with Gasteiger partial charge >= 0.3 is 0 Å². The number of rotatable bonds is 11. The van der Waals surface area contributed by atoms with Crippen LogP contribution in [0.5, 0.6) is 0 Å². The van der Waals surface area contributed by atoms with Crippen LogP contribution in [-0.2, 0) is 0 Å². The second-order valence-corrected chi connectivity index (χ2v) is 11.5. The first-order chi connectivity index (χ1) is 19.5. The molecule has 216 valence electrons. The van der Waals surface area contributed by atoms with Gasteiger partial charge in [0.1, 0.15) is 0 Å². The Kier molecular flexibility index (Phi) is 13.8.